The zero-order valence-electron chi connectivity index (χ0n) is 14.9. The van der Waals surface area contributed by atoms with Gasteiger partial charge in [0.05, 0.1) is 32.8 Å². The van der Waals surface area contributed by atoms with Gasteiger partial charge in [-0.25, -0.2) is 0 Å². The summed E-state index contributed by atoms with van der Waals surface area (Å²) in [5.41, 5.74) is 0.716. The molecule has 2 fully saturated rings. The van der Waals surface area contributed by atoms with E-state index < -0.39 is 0 Å². The maximum Gasteiger partial charge on any atom is 0.228 e. The van der Waals surface area contributed by atoms with E-state index >= 15 is 0 Å². The van der Waals surface area contributed by atoms with Crippen molar-refractivity contribution in [3.05, 3.63) is 18.2 Å². The van der Waals surface area contributed by atoms with E-state index in [1.165, 1.54) is 0 Å². The van der Waals surface area contributed by atoms with Crippen molar-refractivity contribution in [1.82, 2.24) is 4.90 Å². The minimum atomic E-state index is -0.314. The lowest BCUT2D eigenvalue weighted by Gasteiger charge is -2.32. The fraction of sp³-hybridized carbons (Fsp3) is 0.556. The van der Waals surface area contributed by atoms with E-state index in [9.17, 15) is 9.59 Å². The number of benzene rings is 1. The Morgan fingerprint density at radius 3 is 2.64 bits per heavy atom. The molecule has 2 aliphatic rings. The molecular weight excluding hydrogens is 324 g/mol. The maximum absolute atomic E-state index is 12.7. The highest BCUT2D eigenvalue weighted by molar-refractivity contribution is 6.00. The second kappa shape index (κ2) is 7.31. The molecule has 0 aromatic heterocycles. The molecule has 2 aliphatic heterocycles. The fourth-order valence-corrected chi connectivity index (χ4v) is 3.39. The normalized spacial score (nSPS) is 23.7. The summed E-state index contributed by atoms with van der Waals surface area (Å²) in [6.45, 7) is 4.06. The third kappa shape index (κ3) is 3.56. The lowest BCUT2D eigenvalue weighted by molar-refractivity contribution is -0.142. The van der Waals surface area contributed by atoms with E-state index in [0.29, 0.717) is 43.4 Å². The van der Waals surface area contributed by atoms with Crippen molar-refractivity contribution >= 4 is 17.5 Å². The van der Waals surface area contributed by atoms with Gasteiger partial charge in [-0.15, -0.1) is 0 Å². The van der Waals surface area contributed by atoms with Crippen molar-refractivity contribution in [2.75, 3.05) is 45.4 Å². The van der Waals surface area contributed by atoms with Gasteiger partial charge >= 0.3 is 0 Å². The lowest BCUT2D eigenvalue weighted by atomic mass is 10.1. The molecular formula is C18H24N2O5. The number of methoxy groups -OCH3 is 2. The van der Waals surface area contributed by atoms with Gasteiger partial charge in [0, 0.05) is 37.8 Å². The first kappa shape index (κ1) is 17.5. The third-order valence-electron chi connectivity index (χ3n) is 4.71. The van der Waals surface area contributed by atoms with Crippen LogP contribution in [0.25, 0.3) is 0 Å². The van der Waals surface area contributed by atoms with Crippen LogP contribution in [0.4, 0.5) is 5.69 Å². The Balaban J connectivity index is 1.73. The lowest BCUT2D eigenvalue weighted by Crippen LogP contribution is -2.47. The van der Waals surface area contributed by atoms with Crippen LogP contribution in [0.15, 0.2) is 18.2 Å². The summed E-state index contributed by atoms with van der Waals surface area (Å²) in [7, 11) is 3.12. The van der Waals surface area contributed by atoms with Gasteiger partial charge in [-0.1, -0.05) is 0 Å². The molecule has 0 bridgehead atoms. The van der Waals surface area contributed by atoms with Crippen LogP contribution in [-0.2, 0) is 14.3 Å². The molecule has 0 unspecified atom stereocenters. The van der Waals surface area contributed by atoms with Crippen molar-refractivity contribution < 1.29 is 23.8 Å². The Bertz CT molecular complexity index is 663. The first-order chi connectivity index (χ1) is 12.0. The average molecular weight is 348 g/mol. The van der Waals surface area contributed by atoms with Gasteiger partial charge in [-0.05, 0) is 19.1 Å². The molecule has 0 radical (unpaired) electrons. The minimum Gasteiger partial charge on any atom is -0.493 e. The first-order valence-corrected chi connectivity index (χ1v) is 8.46. The van der Waals surface area contributed by atoms with Crippen LogP contribution >= 0.6 is 0 Å². The third-order valence-corrected chi connectivity index (χ3v) is 4.71. The molecule has 0 spiro atoms. The largest absolute Gasteiger partial charge is 0.493 e. The molecule has 2 atom stereocenters. The molecule has 0 N–H and O–H groups in total. The Hall–Kier alpha value is -2.28. The quantitative estimate of drug-likeness (QED) is 0.820. The number of carbonyl (C=O) groups excluding carboxylic acids is 2. The van der Waals surface area contributed by atoms with E-state index in [0.717, 1.165) is 0 Å². The molecule has 7 heteroatoms. The predicted octanol–water partition coefficient (Wildman–Crippen LogP) is 1.30. The summed E-state index contributed by atoms with van der Waals surface area (Å²) in [4.78, 5) is 28.6. The van der Waals surface area contributed by atoms with E-state index in [4.69, 9.17) is 14.2 Å². The monoisotopic (exact) mass is 348 g/mol. The number of hydrogen-bond acceptors (Lipinski definition) is 5. The first-order valence-electron chi connectivity index (χ1n) is 8.46. The Kier molecular flexibility index (Phi) is 5.13. The summed E-state index contributed by atoms with van der Waals surface area (Å²) >= 11 is 0. The molecule has 25 heavy (non-hydrogen) atoms. The Morgan fingerprint density at radius 2 is 1.96 bits per heavy atom. The number of hydrogen-bond donors (Lipinski definition) is 0. The zero-order valence-corrected chi connectivity index (χ0v) is 14.9. The van der Waals surface area contributed by atoms with Gasteiger partial charge in [0.15, 0.2) is 11.5 Å². The van der Waals surface area contributed by atoms with Gasteiger partial charge in [-0.3, -0.25) is 9.59 Å². The van der Waals surface area contributed by atoms with Crippen LogP contribution < -0.4 is 14.4 Å². The van der Waals surface area contributed by atoms with Gasteiger partial charge in [0.25, 0.3) is 0 Å². The van der Waals surface area contributed by atoms with Crippen LogP contribution in [0.2, 0.25) is 0 Å². The van der Waals surface area contributed by atoms with Crippen LogP contribution in [-0.4, -0.2) is 63.3 Å². The SMILES string of the molecule is COc1ccc(N2C[C@@H](C(=O)N3CCO[C@@H](C)C3)CC2=O)cc1OC. The van der Waals surface area contributed by atoms with Gasteiger partial charge < -0.3 is 24.0 Å². The van der Waals surface area contributed by atoms with Crippen molar-refractivity contribution in [2.45, 2.75) is 19.4 Å². The predicted molar refractivity (Wildman–Crippen MR) is 92.0 cm³/mol. The van der Waals surface area contributed by atoms with E-state index in [1.807, 2.05) is 17.9 Å². The second-order valence-electron chi connectivity index (χ2n) is 6.41. The molecule has 2 saturated heterocycles. The molecule has 2 heterocycles. The number of rotatable bonds is 4. The highest BCUT2D eigenvalue weighted by Gasteiger charge is 2.38. The summed E-state index contributed by atoms with van der Waals surface area (Å²) in [6, 6.07) is 5.34. The van der Waals surface area contributed by atoms with Gasteiger partial charge in [0.2, 0.25) is 11.8 Å². The summed E-state index contributed by atoms with van der Waals surface area (Å²) < 4.78 is 16.0. The number of anilines is 1. The van der Waals surface area contributed by atoms with E-state index in [-0.39, 0.29) is 30.3 Å². The maximum atomic E-state index is 12.7. The van der Waals surface area contributed by atoms with Gasteiger partial charge in [-0.2, -0.15) is 0 Å². The van der Waals surface area contributed by atoms with Crippen LogP contribution in [0.1, 0.15) is 13.3 Å². The summed E-state index contributed by atoms with van der Waals surface area (Å²) in [5, 5.41) is 0. The molecule has 2 amide bonds. The van der Waals surface area contributed by atoms with E-state index in [1.54, 1.807) is 31.3 Å². The minimum absolute atomic E-state index is 0.0338. The molecule has 136 valence electrons. The molecule has 0 aliphatic carbocycles. The smallest absolute Gasteiger partial charge is 0.228 e. The zero-order chi connectivity index (χ0) is 18.0. The van der Waals surface area contributed by atoms with Crippen LogP contribution in [0, 0.1) is 5.92 Å². The van der Waals surface area contributed by atoms with Crippen molar-refractivity contribution in [3.63, 3.8) is 0 Å². The standard InChI is InChI=1S/C18H24N2O5/c1-12-10-19(6-7-25-12)18(22)13-8-17(21)20(11-13)14-4-5-15(23-2)16(9-14)24-3/h4-5,9,12-13H,6-8,10-11H2,1-3H3/t12-,13-/m0/s1. The van der Waals surface area contributed by atoms with Crippen molar-refractivity contribution in [2.24, 2.45) is 5.92 Å². The number of amides is 2. The summed E-state index contributed by atoms with van der Waals surface area (Å²) in [6.07, 6.45) is 0.274. The molecule has 3 rings (SSSR count). The van der Waals surface area contributed by atoms with Gasteiger partial charge in [0.1, 0.15) is 0 Å². The van der Waals surface area contributed by atoms with Crippen molar-refractivity contribution in [3.8, 4) is 11.5 Å². The fourth-order valence-electron chi connectivity index (χ4n) is 3.39. The van der Waals surface area contributed by atoms with Crippen LogP contribution in [0.3, 0.4) is 0 Å². The molecule has 0 saturated carbocycles. The van der Waals surface area contributed by atoms with E-state index in [2.05, 4.69) is 0 Å². The van der Waals surface area contributed by atoms with Crippen molar-refractivity contribution in [1.29, 1.82) is 0 Å². The molecule has 1 aromatic rings. The number of nitrogens with zero attached hydrogens (tertiary/aromatic N) is 2. The second-order valence-corrected chi connectivity index (χ2v) is 6.41. The number of ether oxygens (including phenoxy) is 3. The number of morpholine rings is 1. The Morgan fingerprint density at radius 1 is 1.20 bits per heavy atom. The van der Waals surface area contributed by atoms with Crippen LogP contribution in [0.5, 0.6) is 11.5 Å². The highest BCUT2D eigenvalue weighted by Crippen LogP contribution is 2.34. The summed E-state index contributed by atoms with van der Waals surface area (Å²) in [5.74, 6) is 0.835. The molecule has 7 nitrogen and oxygen atoms in total. The topological polar surface area (TPSA) is 68.3 Å². The number of carbonyl (C=O) groups is 2. The average Bonchev–Trinajstić information content (AvgIpc) is 3.02. The molecule has 1 aromatic carbocycles. The Labute approximate surface area is 147 Å². The highest BCUT2D eigenvalue weighted by atomic mass is 16.5.